The van der Waals surface area contributed by atoms with Crippen LogP contribution in [-0.4, -0.2) is 73.8 Å². The largest absolute Gasteiger partial charge is 0.443 e. The number of hydrogen-bond donors (Lipinski definition) is 3. The fourth-order valence-electron chi connectivity index (χ4n) is 4.23. The molecule has 3 N–H and O–H groups in total. The Kier molecular flexibility index (Phi) is 7.51. The van der Waals surface area contributed by atoms with Crippen molar-refractivity contribution in [2.24, 2.45) is 0 Å². The zero-order chi connectivity index (χ0) is 28.6. The molecule has 13 heteroatoms. The van der Waals surface area contributed by atoms with Crippen LogP contribution in [0.5, 0.6) is 0 Å². The van der Waals surface area contributed by atoms with Gasteiger partial charge in [0.15, 0.2) is 5.65 Å². The van der Waals surface area contributed by atoms with E-state index in [1.807, 2.05) is 0 Å². The summed E-state index contributed by atoms with van der Waals surface area (Å²) in [5, 5.41) is 20.1. The van der Waals surface area contributed by atoms with E-state index in [2.05, 4.69) is 20.7 Å². The number of rotatable bonds is 9. The van der Waals surface area contributed by atoms with E-state index in [1.165, 1.54) is 22.7 Å². The molecule has 2 aliphatic carbocycles. The van der Waals surface area contributed by atoms with Gasteiger partial charge in [-0.15, -0.1) is 0 Å². The molecule has 3 aromatic heterocycles. The van der Waals surface area contributed by atoms with E-state index < -0.39 is 23.7 Å². The average Bonchev–Trinajstić information content (AvgIpc) is 3.62. The highest BCUT2D eigenvalue weighted by Gasteiger charge is 2.32. The van der Waals surface area contributed by atoms with Crippen molar-refractivity contribution in [2.45, 2.75) is 76.9 Å². The van der Waals surface area contributed by atoms with Crippen LogP contribution in [0.2, 0.25) is 0 Å². The maximum atomic E-state index is 13.2. The average molecular weight is 554 g/mol. The third-order valence-corrected chi connectivity index (χ3v) is 6.76. The maximum absolute atomic E-state index is 13.2. The third kappa shape index (κ3) is 6.10. The normalized spacial score (nSPS) is 18.7. The van der Waals surface area contributed by atoms with E-state index >= 15 is 0 Å². The van der Waals surface area contributed by atoms with Crippen molar-refractivity contribution >= 4 is 35.0 Å². The predicted octanol–water partition coefficient (Wildman–Crippen LogP) is 2.44. The number of nitrogens with zero attached hydrogens (tertiary/aromatic N) is 5. The first-order chi connectivity index (χ1) is 19.0. The lowest BCUT2D eigenvalue weighted by Gasteiger charge is -2.32. The Bertz CT molecular complexity index is 1470. The molecule has 0 aliphatic heterocycles. The number of pyridine rings is 1. The zero-order valence-corrected chi connectivity index (χ0v) is 23.1. The van der Waals surface area contributed by atoms with Crippen LogP contribution in [0.4, 0.5) is 22.1 Å². The fourth-order valence-corrected chi connectivity index (χ4v) is 4.23. The lowest BCUT2D eigenvalue weighted by Crippen LogP contribution is -2.50. The van der Waals surface area contributed by atoms with Crippen molar-refractivity contribution in [3.63, 3.8) is 0 Å². The SMILES string of the molecule is CN(C(=O)OC(C)(C)C)c1cc(Nc2cccn(CCOC3CC3)c2=O)nc2c(C(=O)NC3CC[C@H]3O)cnn12. The number of amides is 2. The minimum Gasteiger partial charge on any atom is -0.443 e. The van der Waals surface area contributed by atoms with Crippen LogP contribution >= 0.6 is 0 Å². The predicted molar refractivity (Wildman–Crippen MR) is 147 cm³/mol. The maximum Gasteiger partial charge on any atom is 0.415 e. The van der Waals surface area contributed by atoms with Gasteiger partial charge in [0.1, 0.15) is 28.5 Å². The quantitative estimate of drug-likeness (QED) is 0.363. The molecule has 2 saturated carbocycles. The van der Waals surface area contributed by atoms with Gasteiger partial charge in [-0.25, -0.2) is 9.78 Å². The Hall–Kier alpha value is -3.97. The second-order valence-electron chi connectivity index (χ2n) is 11.2. The molecule has 40 heavy (non-hydrogen) atoms. The third-order valence-electron chi connectivity index (χ3n) is 6.76. The number of aliphatic hydroxyl groups is 1. The summed E-state index contributed by atoms with van der Waals surface area (Å²) in [4.78, 5) is 45.0. The van der Waals surface area contributed by atoms with Gasteiger partial charge in [0.25, 0.3) is 11.5 Å². The minimum absolute atomic E-state index is 0.157. The molecule has 214 valence electrons. The number of nitrogens with one attached hydrogen (secondary N) is 2. The van der Waals surface area contributed by atoms with Crippen molar-refractivity contribution in [3.8, 4) is 0 Å². The Morgan fingerprint density at radius 1 is 1.23 bits per heavy atom. The van der Waals surface area contributed by atoms with Crippen LogP contribution in [0, 0.1) is 0 Å². The minimum atomic E-state index is -0.740. The lowest BCUT2D eigenvalue weighted by molar-refractivity contribution is 0.0448. The number of anilines is 3. The Morgan fingerprint density at radius 2 is 2.00 bits per heavy atom. The van der Waals surface area contributed by atoms with Crippen LogP contribution in [0.1, 0.15) is 56.8 Å². The van der Waals surface area contributed by atoms with Crippen molar-refractivity contribution < 1.29 is 24.2 Å². The van der Waals surface area contributed by atoms with E-state index in [0.717, 1.165) is 12.8 Å². The molecule has 2 aliphatic rings. The van der Waals surface area contributed by atoms with Gasteiger partial charge in [0.05, 0.1) is 31.1 Å². The highest BCUT2D eigenvalue weighted by Crippen LogP contribution is 2.26. The van der Waals surface area contributed by atoms with Crippen molar-refractivity contribution in [1.82, 2.24) is 24.5 Å². The van der Waals surface area contributed by atoms with Gasteiger partial charge in [-0.3, -0.25) is 14.5 Å². The van der Waals surface area contributed by atoms with E-state index in [9.17, 15) is 19.5 Å². The molecule has 3 heterocycles. The lowest BCUT2D eigenvalue weighted by atomic mass is 9.89. The summed E-state index contributed by atoms with van der Waals surface area (Å²) in [5.74, 6) is 0.0331. The standard InChI is InChI=1S/C27H35N7O6/c1-27(2,3)40-26(38)32(4)22-14-21(29-19-6-5-11-33(25(19)37)12-13-39-16-7-8-16)31-23-17(15-28-34(22)23)24(36)30-18-9-10-20(18)35/h5-6,11,14-16,18,20,35H,7-10,12-13H2,1-4H3,(H,29,31)(H,30,36)/t18?,20-/m1/s1. The highest BCUT2D eigenvalue weighted by atomic mass is 16.6. The highest BCUT2D eigenvalue weighted by molar-refractivity contribution is 6.00. The number of carbonyl (C=O) groups is 2. The number of hydrogen-bond acceptors (Lipinski definition) is 9. The fraction of sp³-hybridized carbons (Fsp3) is 0.519. The zero-order valence-electron chi connectivity index (χ0n) is 23.1. The molecule has 0 spiro atoms. The van der Waals surface area contributed by atoms with Gasteiger partial charge in [0, 0.05) is 25.9 Å². The molecule has 0 aromatic carbocycles. The van der Waals surface area contributed by atoms with Gasteiger partial charge >= 0.3 is 6.09 Å². The van der Waals surface area contributed by atoms with Crippen LogP contribution < -0.4 is 21.1 Å². The van der Waals surface area contributed by atoms with Crippen LogP contribution in [0.3, 0.4) is 0 Å². The van der Waals surface area contributed by atoms with E-state index in [4.69, 9.17) is 9.47 Å². The number of carbonyl (C=O) groups excluding carboxylic acids is 2. The van der Waals surface area contributed by atoms with E-state index in [-0.39, 0.29) is 40.1 Å². The van der Waals surface area contributed by atoms with Gasteiger partial charge < -0.3 is 29.8 Å². The van der Waals surface area contributed by atoms with Crippen molar-refractivity contribution in [2.75, 3.05) is 23.9 Å². The number of fused-ring (bicyclic) bond motifs is 1. The molecule has 2 atom stereocenters. The second-order valence-corrected chi connectivity index (χ2v) is 11.2. The van der Waals surface area contributed by atoms with E-state index in [1.54, 1.807) is 49.7 Å². The van der Waals surface area contributed by atoms with Crippen molar-refractivity contribution in [3.05, 3.63) is 46.5 Å². The van der Waals surface area contributed by atoms with Gasteiger partial charge in [-0.2, -0.15) is 9.61 Å². The summed E-state index contributed by atoms with van der Waals surface area (Å²) >= 11 is 0. The summed E-state index contributed by atoms with van der Waals surface area (Å²) in [6.45, 7) is 6.12. The number of aromatic nitrogens is 4. The van der Waals surface area contributed by atoms with Gasteiger partial charge in [-0.05, 0) is 58.6 Å². The molecule has 5 rings (SSSR count). The van der Waals surface area contributed by atoms with Crippen LogP contribution in [0.15, 0.2) is 35.4 Å². The second kappa shape index (κ2) is 10.9. The number of aliphatic hydroxyl groups excluding tert-OH is 1. The topological polar surface area (TPSA) is 152 Å². The molecular weight excluding hydrogens is 518 g/mol. The monoisotopic (exact) mass is 553 g/mol. The first-order valence-corrected chi connectivity index (χ1v) is 13.4. The molecule has 13 nitrogen and oxygen atoms in total. The summed E-state index contributed by atoms with van der Waals surface area (Å²) in [6, 6.07) is 4.58. The van der Waals surface area contributed by atoms with E-state index in [0.29, 0.717) is 32.1 Å². The Labute approximate surface area is 231 Å². The van der Waals surface area contributed by atoms with Gasteiger partial charge in [0.2, 0.25) is 0 Å². The van der Waals surface area contributed by atoms with Crippen LogP contribution in [0.25, 0.3) is 5.65 Å². The Morgan fingerprint density at radius 3 is 2.65 bits per heavy atom. The first-order valence-electron chi connectivity index (χ1n) is 13.4. The summed E-state index contributed by atoms with van der Waals surface area (Å²) < 4.78 is 14.1. The summed E-state index contributed by atoms with van der Waals surface area (Å²) in [6.07, 6.45) is 5.51. The molecule has 0 saturated heterocycles. The molecule has 1 unspecified atom stereocenters. The molecule has 2 fully saturated rings. The van der Waals surface area contributed by atoms with Crippen LogP contribution in [-0.2, 0) is 16.0 Å². The molecule has 3 aromatic rings. The Balaban J connectivity index is 1.48. The molecular formula is C27H35N7O6. The summed E-state index contributed by atoms with van der Waals surface area (Å²) in [7, 11) is 1.52. The molecule has 0 radical (unpaired) electrons. The van der Waals surface area contributed by atoms with Crippen molar-refractivity contribution in [1.29, 1.82) is 0 Å². The summed E-state index contributed by atoms with van der Waals surface area (Å²) in [5.41, 5.74) is -0.425. The smallest absolute Gasteiger partial charge is 0.415 e. The molecule has 0 bridgehead atoms. The number of ether oxygens (including phenoxy) is 2. The first kappa shape index (κ1) is 27.6. The molecule has 2 amide bonds. The van der Waals surface area contributed by atoms with Gasteiger partial charge in [-0.1, -0.05) is 0 Å².